The fourth-order valence-electron chi connectivity index (χ4n) is 2.40. The van der Waals surface area contributed by atoms with Crippen molar-refractivity contribution in [1.29, 1.82) is 0 Å². The SMILES string of the molecule is C=CC(CCO)C(O)C1CCCCC1. The number of aliphatic hydroxyl groups excluding tert-OH is 2. The summed E-state index contributed by atoms with van der Waals surface area (Å²) in [5.41, 5.74) is 0. The van der Waals surface area contributed by atoms with Crippen molar-refractivity contribution >= 4 is 0 Å². The number of rotatable bonds is 5. The molecule has 1 fully saturated rings. The van der Waals surface area contributed by atoms with E-state index in [1.807, 2.05) is 0 Å². The molecule has 0 saturated heterocycles. The molecule has 82 valence electrons. The van der Waals surface area contributed by atoms with Gasteiger partial charge in [-0.1, -0.05) is 25.3 Å². The van der Waals surface area contributed by atoms with Crippen LogP contribution in [0.2, 0.25) is 0 Å². The molecular formula is C12H22O2. The van der Waals surface area contributed by atoms with E-state index in [9.17, 15) is 5.11 Å². The van der Waals surface area contributed by atoms with Crippen molar-refractivity contribution in [3.63, 3.8) is 0 Å². The Morgan fingerprint density at radius 1 is 1.29 bits per heavy atom. The molecule has 1 aliphatic carbocycles. The molecule has 14 heavy (non-hydrogen) atoms. The standard InChI is InChI=1S/C12H22O2/c1-2-10(8-9-13)12(14)11-6-4-3-5-7-11/h2,10-14H,1,3-9H2. The molecule has 1 saturated carbocycles. The Kier molecular flexibility index (Phi) is 5.20. The molecule has 0 amide bonds. The summed E-state index contributed by atoms with van der Waals surface area (Å²) in [4.78, 5) is 0. The zero-order valence-electron chi connectivity index (χ0n) is 8.86. The molecule has 0 aromatic heterocycles. The Bertz CT molecular complexity index is 162. The first-order valence-electron chi connectivity index (χ1n) is 5.71. The largest absolute Gasteiger partial charge is 0.396 e. The Balaban J connectivity index is 2.42. The average Bonchev–Trinajstić information content (AvgIpc) is 2.26. The molecule has 0 spiro atoms. The lowest BCUT2D eigenvalue weighted by Crippen LogP contribution is -2.30. The third-order valence-corrected chi connectivity index (χ3v) is 3.34. The van der Waals surface area contributed by atoms with E-state index in [-0.39, 0.29) is 18.6 Å². The van der Waals surface area contributed by atoms with Crippen molar-refractivity contribution in [2.45, 2.75) is 44.6 Å². The van der Waals surface area contributed by atoms with E-state index in [1.54, 1.807) is 6.08 Å². The maximum atomic E-state index is 10.1. The predicted octanol–water partition coefficient (Wildman–Crippen LogP) is 2.11. The molecular weight excluding hydrogens is 176 g/mol. The molecule has 0 aliphatic heterocycles. The summed E-state index contributed by atoms with van der Waals surface area (Å²) in [6.45, 7) is 3.86. The van der Waals surface area contributed by atoms with E-state index in [0.717, 1.165) is 12.8 Å². The van der Waals surface area contributed by atoms with Crippen molar-refractivity contribution in [3.8, 4) is 0 Å². The maximum absolute atomic E-state index is 10.1. The van der Waals surface area contributed by atoms with Crippen LogP contribution in [-0.2, 0) is 0 Å². The van der Waals surface area contributed by atoms with Crippen LogP contribution in [0.1, 0.15) is 38.5 Å². The highest BCUT2D eigenvalue weighted by Crippen LogP contribution is 2.30. The molecule has 2 nitrogen and oxygen atoms in total. The molecule has 0 heterocycles. The molecule has 2 unspecified atom stereocenters. The van der Waals surface area contributed by atoms with Gasteiger partial charge in [-0.2, -0.15) is 0 Å². The Labute approximate surface area is 86.6 Å². The van der Waals surface area contributed by atoms with Gasteiger partial charge in [0.15, 0.2) is 0 Å². The second-order valence-electron chi connectivity index (χ2n) is 4.30. The molecule has 1 aliphatic rings. The van der Waals surface area contributed by atoms with Crippen LogP contribution in [-0.4, -0.2) is 22.9 Å². The van der Waals surface area contributed by atoms with Crippen molar-refractivity contribution < 1.29 is 10.2 Å². The van der Waals surface area contributed by atoms with Crippen LogP contribution in [0.3, 0.4) is 0 Å². The topological polar surface area (TPSA) is 40.5 Å². The van der Waals surface area contributed by atoms with Crippen LogP contribution < -0.4 is 0 Å². The first-order valence-corrected chi connectivity index (χ1v) is 5.71. The summed E-state index contributed by atoms with van der Waals surface area (Å²) >= 11 is 0. The lowest BCUT2D eigenvalue weighted by atomic mass is 9.79. The van der Waals surface area contributed by atoms with Gasteiger partial charge in [-0.15, -0.1) is 6.58 Å². The second-order valence-corrected chi connectivity index (χ2v) is 4.30. The fraction of sp³-hybridized carbons (Fsp3) is 0.833. The van der Waals surface area contributed by atoms with E-state index >= 15 is 0 Å². The van der Waals surface area contributed by atoms with Gasteiger partial charge in [0.25, 0.3) is 0 Å². The maximum Gasteiger partial charge on any atom is 0.0631 e. The van der Waals surface area contributed by atoms with Gasteiger partial charge in [-0.3, -0.25) is 0 Å². The average molecular weight is 198 g/mol. The molecule has 2 heteroatoms. The number of aliphatic hydroxyl groups is 2. The van der Waals surface area contributed by atoms with E-state index in [2.05, 4.69) is 6.58 Å². The van der Waals surface area contributed by atoms with Crippen LogP contribution >= 0.6 is 0 Å². The molecule has 2 atom stereocenters. The third-order valence-electron chi connectivity index (χ3n) is 3.34. The summed E-state index contributed by atoms with van der Waals surface area (Å²) in [6.07, 6.45) is 8.20. The molecule has 2 N–H and O–H groups in total. The molecule has 1 rings (SSSR count). The highest BCUT2D eigenvalue weighted by molar-refractivity contribution is 4.88. The zero-order chi connectivity index (χ0) is 10.4. The normalized spacial score (nSPS) is 23.0. The van der Waals surface area contributed by atoms with Gasteiger partial charge in [-0.25, -0.2) is 0 Å². The van der Waals surface area contributed by atoms with Gasteiger partial charge in [0, 0.05) is 12.5 Å². The smallest absolute Gasteiger partial charge is 0.0631 e. The van der Waals surface area contributed by atoms with E-state index < -0.39 is 0 Å². The molecule has 0 aromatic rings. The lowest BCUT2D eigenvalue weighted by Gasteiger charge is -2.30. The van der Waals surface area contributed by atoms with Gasteiger partial charge < -0.3 is 10.2 Å². The fourth-order valence-corrected chi connectivity index (χ4v) is 2.40. The Morgan fingerprint density at radius 3 is 2.43 bits per heavy atom. The molecule has 0 bridgehead atoms. The van der Waals surface area contributed by atoms with Crippen LogP contribution in [0, 0.1) is 11.8 Å². The molecule has 0 radical (unpaired) electrons. The summed E-state index contributed by atoms with van der Waals surface area (Å²) in [5.74, 6) is 0.501. The summed E-state index contributed by atoms with van der Waals surface area (Å²) in [6, 6.07) is 0. The second kappa shape index (κ2) is 6.20. The van der Waals surface area contributed by atoms with E-state index in [1.165, 1.54) is 19.3 Å². The highest BCUT2D eigenvalue weighted by Gasteiger charge is 2.26. The minimum absolute atomic E-state index is 0.0723. The van der Waals surface area contributed by atoms with Gasteiger partial charge in [-0.05, 0) is 25.2 Å². The summed E-state index contributed by atoms with van der Waals surface area (Å²) < 4.78 is 0. The predicted molar refractivity (Wildman–Crippen MR) is 58.0 cm³/mol. The zero-order valence-corrected chi connectivity index (χ0v) is 8.86. The minimum atomic E-state index is -0.292. The van der Waals surface area contributed by atoms with Crippen molar-refractivity contribution in [1.82, 2.24) is 0 Å². The van der Waals surface area contributed by atoms with Gasteiger partial charge in [0.05, 0.1) is 6.10 Å². The van der Waals surface area contributed by atoms with Crippen LogP contribution in [0.5, 0.6) is 0 Å². The molecule has 0 aromatic carbocycles. The van der Waals surface area contributed by atoms with Crippen LogP contribution in [0.25, 0.3) is 0 Å². The van der Waals surface area contributed by atoms with Crippen molar-refractivity contribution in [2.75, 3.05) is 6.61 Å². The summed E-state index contributed by atoms with van der Waals surface area (Å²) in [7, 11) is 0. The van der Waals surface area contributed by atoms with Crippen molar-refractivity contribution in [2.24, 2.45) is 11.8 Å². The Morgan fingerprint density at radius 2 is 1.93 bits per heavy atom. The third kappa shape index (κ3) is 3.10. The van der Waals surface area contributed by atoms with Gasteiger partial charge in [0.1, 0.15) is 0 Å². The lowest BCUT2D eigenvalue weighted by molar-refractivity contribution is 0.0410. The van der Waals surface area contributed by atoms with Crippen LogP contribution in [0.4, 0.5) is 0 Å². The number of hydrogen-bond acceptors (Lipinski definition) is 2. The first kappa shape index (κ1) is 11.7. The number of hydrogen-bond donors (Lipinski definition) is 2. The van der Waals surface area contributed by atoms with Gasteiger partial charge >= 0.3 is 0 Å². The van der Waals surface area contributed by atoms with E-state index in [4.69, 9.17) is 5.11 Å². The summed E-state index contributed by atoms with van der Waals surface area (Å²) in [5, 5.41) is 18.9. The van der Waals surface area contributed by atoms with Crippen LogP contribution in [0.15, 0.2) is 12.7 Å². The Hall–Kier alpha value is -0.340. The first-order chi connectivity index (χ1) is 6.79. The monoisotopic (exact) mass is 198 g/mol. The van der Waals surface area contributed by atoms with E-state index in [0.29, 0.717) is 12.3 Å². The quantitative estimate of drug-likeness (QED) is 0.664. The van der Waals surface area contributed by atoms with Crippen molar-refractivity contribution in [3.05, 3.63) is 12.7 Å². The minimum Gasteiger partial charge on any atom is -0.396 e. The van der Waals surface area contributed by atoms with Gasteiger partial charge in [0.2, 0.25) is 0 Å². The highest BCUT2D eigenvalue weighted by atomic mass is 16.3.